The highest BCUT2D eigenvalue weighted by Gasteiger charge is 2.27. The maximum Gasteiger partial charge on any atom is 0.251 e. The average molecular weight is 337 g/mol. The SMILES string of the molecule is CNC(=O)c1ccc(NC(=O)CN2CCCC2c2ccccc2)cc1. The first-order chi connectivity index (χ1) is 12.2. The lowest BCUT2D eigenvalue weighted by Crippen LogP contribution is -2.32. The first-order valence-corrected chi connectivity index (χ1v) is 8.58. The Balaban J connectivity index is 1.59. The quantitative estimate of drug-likeness (QED) is 0.882. The van der Waals surface area contributed by atoms with E-state index in [0.29, 0.717) is 23.8 Å². The molecule has 1 aliphatic heterocycles. The van der Waals surface area contributed by atoms with Crippen molar-refractivity contribution in [3.8, 4) is 0 Å². The van der Waals surface area contributed by atoms with E-state index in [1.807, 2.05) is 18.2 Å². The van der Waals surface area contributed by atoms with Crippen LogP contribution in [0.3, 0.4) is 0 Å². The fraction of sp³-hybridized carbons (Fsp3) is 0.300. The maximum absolute atomic E-state index is 12.4. The van der Waals surface area contributed by atoms with Gasteiger partial charge in [-0.05, 0) is 49.2 Å². The Morgan fingerprint density at radius 1 is 1.08 bits per heavy atom. The maximum atomic E-state index is 12.4. The summed E-state index contributed by atoms with van der Waals surface area (Å²) in [4.78, 5) is 26.2. The minimum atomic E-state index is -0.138. The molecule has 25 heavy (non-hydrogen) atoms. The number of amides is 2. The Morgan fingerprint density at radius 3 is 2.48 bits per heavy atom. The Bertz CT molecular complexity index is 728. The van der Waals surface area contributed by atoms with E-state index in [1.165, 1.54) is 5.56 Å². The first-order valence-electron chi connectivity index (χ1n) is 8.58. The molecular weight excluding hydrogens is 314 g/mol. The number of likely N-dealkylation sites (tertiary alicyclic amines) is 1. The molecule has 0 radical (unpaired) electrons. The Labute approximate surface area is 148 Å². The van der Waals surface area contributed by atoms with Crippen molar-refractivity contribution in [1.82, 2.24) is 10.2 Å². The van der Waals surface area contributed by atoms with Crippen LogP contribution in [0.5, 0.6) is 0 Å². The van der Waals surface area contributed by atoms with E-state index in [9.17, 15) is 9.59 Å². The third-order valence-corrected chi connectivity index (χ3v) is 4.55. The van der Waals surface area contributed by atoms with Crippen molar-refractivity contribution < 1.29 is 9.59 Å². The van der Waals surface area contributed by atoms with Gasteiger partial charge in [0.05, 0.1) is 6.54 Å². The van der Waals surface area contributed by atoms with Crippen LogP contribution in [0.25, 0.3) is 0 Å². The van der Waals surface area contributed by atoms with Gasteiger partial charge in [0.1, 0.15) is 0 Å². The molecule has 0 bridgehead atoms. The highest BCUT2D eigenvalue weighted by atomic mass is 16.2. The number of benzene rings is 2. The number of anilines is 1. The van der Waals surface area contributed by atoms with Crippen molar-refractivity contribution >= 4 is 17.5 Å². The van der Waals surface area contributed by atoms with Crippen LogP contribution >= 0.6 is 0 Å². The molecule has 1 heterocycles. The van der Waals surface area contributed by atoms with Crippen LogP contribution in [-0.2, 0) is 4.79 Å². The minimum absolute atomic E-state index is 0.0319. The summed E-state index contributed by atoms with van der Waals surface area (Å²) in [6.07, 6.45) is 2.19. The lowest BCUT2D eigenvalue weighted by molar-refractivity contribution is -0.117. The average Bonchev–Trinajstić information content (AvgIpc) is 3.10. The molecule has 2 N–H and O–H groups in total. The normalized spacial score (nSPS) is 17.2. The van der Waals surface area contributed by atoms with Gasteiger partial charge in [-0.1, -0.05) is 30.3 Å². The van der Waals surface area contributed by atoms with Gasteiger partial charge in [-0.2, -0.15) is 0 Å². The van der Waals surface area contributed by atoms with Gasteiger partial charge < -0.3 is 10.6 Å². The summed E-state index contributed by atoms with van der Waals surface area (Å²) in [7, 11) is 1.59. The predicted molar refractivity (Wildman–Crippen MR) is 98.5 cm³/mol. The molecule has 1 unspecified atom stereocenters. The molecule has 1 fully saturated rings. The summed E-state index contributed by atoms with van der Waals surface area (Å²) in [6.45, 7) is 1.30. The molecule has 2 amide bonds. The molecule has 0 spiro atoms. The van der Waals surface area contributed by atoms with Gasteiger partial charge in [0, 0.05) is 24.3 Å². The molecule has 0 aromatic heterocycles. The van der Waals surface area contributed by atoms with E-state index < -0.39 is 0 Å². The second-order valence-electron chi connectivity index (χ2n) is 6.24. The summed E-state index contributed by atoms with van der Waals surface area (Å²) < 4.78 is 0. The van der Waals surface area contributed by atoms with Crippen LogP contribution in [0, 0.1) is 0 Å². The number of carbonyl (C=O) groups is 2. The van der Waals surface area contributed by atoms with Crippen molar-refractivity contribution in [2.24, 2.45) is 0 Å². The third kappa shape index (κ3) is 4.25. The summed E-state index contributed by atoms with van der Waals surface area (Å²) >= 11 is 0. The minimum Gasteiger partial charge on any atom is -0.355 e. The first kappa shape index (κ1) is 17.2. The van der Waals surface area contributed by atoms with Gasteiger partial charge in [0.2, 0.25) is 5.91 Å². The van der Waals surface area contributed by atoms with E-state index in [2.05, 4.69) is 27.7 Å². The Morgan fingerprint density at radius 2 is 1.80 bits per heavy atom. The summed E-state index contributed by atoms with van der Waals surface area (Å²) in [5, 5.41) is 5.49. The van der Waals surface area contributed by atoms with Gasteiger partial charge >= 0.3 is 0 Å². The van der Waals surface area contributed by atoms with Gasteiger partial charge in [-0.3, -0.25) is 14.5 Å². The smallest absolute Gasteiger partial charge is 0.251 e. The van der Waals surface area contributed by atoms with E-state index in [-0.39, 0.29) is 11.8 Å². The van der Waals surface area contributed by atoms with Crippen molar-refractivity contribution in [1.29, 1.82) is 0 Å². The predicted octanol–water partition coefficient (Wildman–Crippen LogP) is 2.82. The van der Waals surface area contributed by atoms with E-state index in [4.69, 9.17) is 0 Å². The second kappa shape index (κ2) is 7.94. The molecule has 5 nitrogen and oxygen atoms in total. The van der Waals surface area contributed by atoms with Gasteiger partial charge in [0.15, 0.2) is 0 Å². The molecule has 2 aromatic rings. The lowest BCUT2D eigenvalue weighted by Gasteiger charge is -2.24. The number of nitrogens with one attached hydrogen (secondary N) is 2. The van der Waals surface area contributed by atoms with E-state index >= 15 is 0 Å². The van der Waals surface area contributed by atoms with Gasteiger partial charge in [-0.15, -0.1) is 0 Å². The second-order valence-corrected chi connectivity index (χ2v) is 6.24. The standard InChI is InChI=1S/C20H23N3O2/c1-21-20(25)16-9-11-17(12-10-16)22-19(24)14-23-13-5-8-18(23)15-6-3-2-4-7-15/h2-4,6-7,9-12,18H,5,8,13-14H2,1H3,(H,21,25)(H,22,24). The molecule has 1 aliphatic rings. The fourth-order valence-corrected chi connectivity index (χ4v) is 3.30. The molecule has 1 saturated heterocycles. The monoisotopic (exact) mass is 337 g/mol. The van der Waals surface area contributed by atoms with Crippen molar-refractivity contribution in [3.63, 3.8) is 0 Å². The summed E-state index contributed by atoms with van der Waals surface area (Å²) in [5.41, 5.74) is 2.54. The molecule has 0 aliphatic carbocycles. The third-order valence-electron chi connectivity index (χ3n) is 4.55. The zero-order valence-electron chi connectivity index (χ0n) is 14.4. The van der Waals surface area contributed by atoms with Crippen molar-refractivity contribution in [3.05, 3.63) is 65.7 Å². The highest BCUT2D eigenvalue weighted by molar-refractivity contribution is 5.96. The van der Waals surface area contributed by atoms with E-state index in [1.54, 1.807) is 31.3 Å². The lowest BCUT2D eigenvalue weighted by atomic mass is 10.0. The molecule has 2 aromatic carbocycles. The fourth-order valence-electron chi connectivity index (χ4n) is 3.30. The van der Waals surface area contributed by atoms with Crippen LogP contribution < -0.4 is 10.6 Å². The molecule has 3 rings (SSSR count). The van der Waals surface area contributed by atoms with Crippen molar-refractivity contribution in [2.75, 3.05) is 25.5 Å². The highest BCUT2D eigenvalue weighted by Crippen LogP contribution is 2.31. The van der Waals surface area contributed by atoms with Crippen LogP contribution in [0.1, 0.15) is 34.8 Å². The topological polar surface area (TPSA) is 61.4 Å². The zero-order chi connectivity index (χ0) is 17.6. The molecule has 1 atom stereocenters. The van der Waals surface area contributed by atoms with E-state index in [0.717, 1.165) is 19.4 Å². The zero-order valence-corrected chi connectivity index (χ0v) is 14.4. The van der Waals surface area contributed by atoms with Crippen LogP contribution in [-0.4, -0.2) is 36.9 Å². The number of hydrogen-bond donors (Lipinski definition) is 2. The largest absolute Gasteiger partial charge is 0.355 e. The summed E-state index contributed by atoms with van der Waals surface area (Å²) in [6, 6.07) is 17.6. The molecular formula is C20H23N3O2. The Kier molecular flexibility index (Phi) is 5.46. The number of carbonyl (C=O) groups excluding carboxylic acids is 2. The van der Waals surface area contributed by atoms with Crippen LogP contribution in [0.15, 0.2) is 54.6 Å². The molecule has 130 valence electrons. The van der Waals surface area contributed by atoms with Gasteiger partial charge in [0.25, 0.3) is 5.91 Å². The van der Waals surface area contributed by atoms with Gasteiger partial charge in [-0.25, -0.2) is 0 Å². The Hall–Kier alpha value is -2.66. The van der Waals surface area contributed by atoms with Crippen LogP contribution in [0.2, 0.25) is 0 Å². The molecule has 0 saturated carbocycles. The summed E-state index contributed by atoms with van der Waals surface area (Å²) in [5.74, 6) is -0.170. The number of rotatable bonds is 5. The van der Waals surface area contributed by atoms with Crippen molar-refractivity contribution in [2.45, 2.75) is 18.9 Å². The number of nitrogens with zero attached hydrogens (tertiary/aromatic N) is 1. The number of hydrogen-bond acceptors (Lipinski definition) is 3. The molecule has 5 heteroatoms. The van der Waals surface area contributed by atoms with Crippen LogP contribution in [0.4, 0.5) is 5.69 Å².